The third kappa shape index (κ3) is 14.2. The predicted octanol–water partition coefficient (Wildman–Crippen LogP) is 7.95. The highest BCUT2D eigenvalue weighted by atomic mass is 15.1. The molecule has 0 saturated carbocycles. The highest BCUT2D eigenvalue weighted by Gasteiger charge is 2.07. The van der Waals surface area contributed by atoms with Gasteiger partial charge >= 0.3 is 0 Å². The van der Waals surface area contributed by atoms with Crippen molar-refractivity contribution >= 4 is 0 Å². The molecule has 0 aliphatic carbocycles. The number of allylic oxidation sites excluding steroid dienone is 5. The van der Waals surface area contributed by atoms with Crippen LogP contribution in [-0.4, -0.2) is 6.04 Å². The van der Waals surface area contributed by atoms with E-state index in [-0.39, 0.29) is 0 Å². The van der Waals surface area contributed by atoms with Crippen molar-refractivity contribution in [3.05, 3.63) is 49.2 Å². The molecule has 0 saturated heterocycles. The molecule has 0 aromatic heterocycles. The monoisotopic (exact) mass is 330 g/mol. The van der Waals surface area contributed by atoms with Crippen LogP contribution in [0, 0.1) is 0 Å². The maximum atomic E-state index is 4.63. The summed E-state index contributed by atoms with van der Waals surface area (Å²) in [6, 6.07) is 0.355. The Balaban J connectivity index is 4.54. The number of rotatable bonds is 16. The average molecular weight is 331 g/mol. The Bertz CT molecular complexity index is 391. The number of unbranched alkanes of at least 4 members (excludes halogenated alkanes) is 7. The van der Waals surface area contributed by atoms with Crippen LogP contribution in [-0.2, 0) is 0 Å². The zero-order chi connectivity index (χ0) is 17.9. The van der Waals surface area contributed by atoms with E-state index in [2.05, 4.69) is 37.2 Å². The largest absolute Gasteiger partial charge is 0.185 e. The van der Waals surface area contributed by atoms with Gasteiger partial charge < -0.3 is 0 Å². The standard InChI is InChI=1S/C22H38N2/c1-5-9-12-14-16-20-22(19-15-13-10-6-2)24-23-21(17-8-4)18-11-7-3/h7-8,11,17-18,22H,3-6,9-10,12-16,19-20H2,1-2H3/b18-11-,21-17+,24-23?. The van der Waals surface area contributed by atoms with Gasteiger partial charge in [-0.05, 0) is 25.0 Å². The number of hydrogen-bond donors (Lipinski definition) is 0. The molecule has 0 aliphatic rings. The minimum atomic E-state index is 0.355. The van der Waals surface area contributed by atoms with Gasteiger partial charge in [0.1, 0.15) is 0 Å². The summed E-state index contributed by atoms with van der Waals surface area (Å²) >= 11 is 0. The molecular formula is C22H38N2. The van der Waals surface area contributed by atoms with E-state index in [9.17, 15) is 0 Å². The molecule has 0 N–H and O–H groups in total. The van der Waals surface area contributed by atoms with Crippen molar-refractivity contribution in [3.63, 3.8) is 0 Å². The lowest BCUT2D eigenvalue weighted by molar-refractivity contribution is 0.479. The van der Waals surface area contributed by atoms with E-state index < -0.39 is 0 Å². The van der Waals surface area contributed by atoms with Gasteiger partial charge in [-0.15, -0.1) is 0 Å². The highest BCUT2D eigenvalue weighted by molar-refractivity contribution is 5.23. The Morgan fingerprint density at radius 2 is 1.42 bits per heavy atom. The first kappa shape index (κ1) is 22.6. The van der Waals surface area contributed by atoms with Crippen LogP contribution in [0.15, 0.2) is 59.5 Å². The summed E-state index contributed by atoms with van der Waals surface area (Å²) in [5, 5.41) is 9.08. The minimum Gasteiger partial charge on any atom is -0.185 e. The van der Waals surface area contributed by atoms with Crippen molar-refractivity contribution in [1.29, 1.82) is 0 Å². The third-order valence-electron chi connectivity index (χ3n) is 4.06. The van der Waals surface area contributed by atoms with E-state index in [1.165, 1.54) is 57.8 Å². The van der Waals surface area contributed by atoms with Gasteiger partial charge in [0.2, 0.25) is 0 Å². The minimum absolute atomic E-state index is 0.355. The van der Waals surface area contributed by atoms with Crippen LogP contribution in [0.1, 0.15) is 84.5 Å². The first-order valence-corrected chi connectivity index (χ1v) is 9.81. The predicted molar refractivity (Wildman–Crippen MR) is 108 cm³/mol. The van der Waals surface area contributed by atoms with Crippen molar-refractivity contribution < 1.29 is 0 Å². The molecule has 1 unspecified atom stereocenters. The maximum absolute atomic E-state index is 4.63. The van der Waals surface area contributed by atoms with Gasteiger partial charge in [0.25, 0.3) is 0 Å². The first-order valence-electron chi connectivity index (χ1n) is 9.81. The van der Waals surface area contributed by atoms with Gasteiger partial charge in [0.15, 0.2) is 0 Å². The fourth-order valence-corrected chi connectivity index (χ4v) is 2.61. The lowest BCUT2D eigenvalue weighted by Crippen LogP contribution is -2.04. The van der Waals surface area contributed by atoms with E-state index in [1.807, 2.05) is 18.2 Å². The molecule has 0 rings (SSSR count). The molecule has 1 atom stereocenters. The van der Waals surface area contributed by atoms with E-state index in [4.69, 9.17) is 0 Å². The van der Waals surface area contributed by atoms with Gasteiger partial charge in [-0.25, -0.2) is 0 Å². The van der Waals surface area contributed by atoms with Crippen LogP contribution in [0.3, 0.4) is 0 Å². The van der Waals surface area contributed by atoms with E-state index >= 15 is 0 Å². The van der Waals surface area contributed by atoms with Gasteiger partial charge in [-0.3, -0.25) is 0 Å². The summed E-state index contributed by atoms with van der Waals surface area (Å²) in [4.78, 5) is 0. The SMILES string of the molecule is C=C/C=C\C(=C/C=C)N=NC(CCCCCC)CCCCCCC. The Morgan fingerprint density at radius 3 is 1.96 bits per heavy atom. The summed E-state index contributed by atoms with van der Waals surface area (Å²) in [5.74, 6) is 0. The topological polar surface area (TPSA) is 24.7 Å². The normalized spacial score (nSPS) is 13.7. The Labute approximate surface area is 150 Å². The molecule has 0 amide bonds. The zero-order valence-electron chi connectivity index (χ0n) is 16.1. The van der Waals surface area contributed by atoms with Crippen molar-refractivity contribution in [1.82, 2.24) is 0 Å². The van der Waals surface area contributed by atoms with Crippen LogP contribution in [0.5, 0.6) is 0 Å². The van der Waals surface area contributed by atoms with E-state index in [1.54, 1.807) is 12.2 Å². The molecule has 0 bridgehead atoms. The lowest BCUT2D eigenvalue weighted by Gasteiger charge is -2.11. The molecule has 2 nitrogen and oxygen atoms in total. The summed E-state index contributed by atoms with van der Waals surface area (Å²) < 4.78 is 0. The molecule has 0 aromatic carbocycles. The van der Waals surface area contributed by atoms with Gasteiger partial charge in [0.05, 0.1) is 11.7 Å². The second-order valence-corrected chi connectivity index (χ2v) is 6.34. The summed E-state index contributed by atoms with van der Waals surface area (Å²) in [6.07, 6.45) is 23.3. The summed E-state index contributed by atoms with van der Waals surface area (Å²) in [7, 11) is 0. The van der Waals surface area contributed by atoms with Crippen molar-refractivity contribution in [3.8, 4) is 0 Å². The second-order valence-electron chi connectivity index (χ2n) is 6.34. The summed E-state index contributed by atoms with van der Waals surface area (Å²) in [6.45, 7) is 12.0. The molecule has 0 spiro atoms. The molecule has 0 aromatic rings. The Morgan fingerprint density at radius 1 is 0.833 bits per heavy atom. The van der Waals surface area contributed by atoms with Crippen LogP contribution in [0.2, 0.25) is 0 Å². The van der Waals surface area contributed by atoms with E-state index in [0.717, 1.165) is 18.5 Å². The van der Waals surface area contributed by atoms with Gasteiger partial charge in [-0.1, -0.05) is 103 Å². The molecule has 2 heteroatoms. The Hall–Kier alpha value is -1.44. The fraction of sp³-hybridized carbons (Fsp3) is 0.636. The van der Waals surface area contributed by atoms with Crippen LogP contribution in [0.25, 0.3) is 0 Å². The second kappa shape index (κ2) is 17.9. The summed E-state index contributed by atoms with van der Waals surface area (Å²) in [5.41, 5.74) is 0.842. The maximum Gasteiger partial charge on any atom is 0.0852 e. The van der Waals surface area contributed by atoms with Crippen LogP contribution < -0.4 is 0 Å². The molecule has 0 fully saturated rings. The third-order valence-corrected chi connectivity index (χ3v) is 4.06. The molecule has 0 heterocycles. The molecule has 0 radical (unpaired) electrons. The number of nitrogens with zero attached hydrogens (tertiary/aromatic N) is 2. The quantitative estimate of drug-likeness (QED) is 0.156. The van der Waals surface area contributed by atoms with E-state index in [0.29, 0.717) is 6.04 Å². The fourth-order valence-electron chi connectivity index (χ4n) is 2.61. The zero-order valence-corrected chi connectivity index (χ0v) is 16.1. The van der Waals surface area contributed by atoms with Gasteiger partial charge in [-0.2, -0.15) is 10.2 Å². The molecule has 136 valence electrons. The molecule has 24 heavy (non-hydrogen) atoms. The highest BCUT2D eigenvalue weighted by Crippen LogP contribution is 2.17. The number of hydrogen-bond acceptors (Lipinski definition) is 2. The van der Waals surface area contributed by atoms with Crippen molar-refractivity contribution in [2.75, 3.05) is 0 Å². The van der Waals surface area contributed by atoms with Crippen molar-refractivity contribution in [2.45, 2.75) is 90.5 Å². The van der Waals surface area contributed by atoms with Crippen LogP contribution >= 0.6 is 0 Å². The lowest BCUT2D eigenvalue weighted by atomic mass is 10.0. The molecular weight excluding hydrogens is 292 g/mol. The first-order chi connectivity index (χ1) is 11.8. The number of azo groups is 1. The average Bonchev–Trinajstić information content (AvgIpc) is 2.59. The smallest absolute Gasteiger partial charge is 0.0852 e. The van der Waals surface area contributed by atoms with Crippen LogP contribution in [0.4, 0.5) is 0 Å². The van der Waals surface area contributed by atoms with Crippen molar-refractivity contribution in [2.24, 2.45) is 10.2 Å². The van der Waals surface area contributed by atoms with Gasteiger partial charge in [0, 0.05) is 0 Å². The molecule has 0 aliphatic heterocycles. The Kier molecular flexibility index (Phi) is 16.8.